The Bertz CT molecular complexity index is 1180. The average molecular weight is 514 g/mol. The minimum absolute atomic E-state index is 0.00153. The molecule has 0 bridgehead atoms. The van der Waals surface area contributed by atoms with E-state index in [1.165, 1.54) is 30.9 Å². The molecule has 1 saturated carbocycles. The molecule has 2 fully saturated rings. The molecule has 1 aliphatic heterocycles. The summed E-state index contributed by atoms with van der Waals surface area (Å²) in [7, 11) is 0. The summed E-state index contributed by atoms with van der Waals surface area (Å²) in [6.45, 7) is 7.84. The van der Waals surface area contributed by atoms with Gasteiger partial charge >= 0.3 is 6.09 Å². The van der Waals surface area contributed by atoms with Gasteiger partial charge < -0.3 is 4.74 Å². The summed E-state index contributed by atoms with van der Waals surface area (Å²) < 4.78 is 21.3. The van der Waals surface area contributed by atoms with E-state index in [9.17, 15) is 18.8 Å². The van der Waals surface area contributed by atoms with E-state index in [0.29, 0.717) is 30.8 Å². The molecule has 7 nitrogen and oxygen atoms in total. The first-order valence-corrected chi connectivity index (χ1v) is 13.1. The summed E-state index contributed by atoms with van der Waals surface area (Å²) in [5, 5.41) is 4.25. The lowest BCUT2D eigenvalue weighted by Crippen LogP contribution is -2.43. The number of hydrogen-bond acceptors (Lipinski definition) is 7. The normalized spacial score (nSPS) is 20.8. The first-order chi connectivity index (χ1) is 17.0. The van der Waals surface area contributed by atoms with Crippen LogP contribution in [0.1, 0.15) is 64.3 Å². The zero-order valence-corrected chi connectivity index (χ0v) is 21.9. The number of halogens is 1. The molecule has 36 heavy (non-hydrogen) atoms. The van der Waals surface area contributed by atoms with E-state index in [-0.39, 0.29) is 22.1 Å². The summed E-state index contributed by atoms with van der Waals surface area (Å²) in [4.78, 5) is 39.7. The number of carbonyl (C=O) groups excluding carboxylic acids is 3. The van der Waals surface area contributed by atoms with Crippen molar-refractivity contribution in [2.75, 3.05) is 13.1 Å². The van der Waals surface area contributed by atoms with Gasteiger partial charge in [0, 0.05) is 42.9 Å². The van der Waals surface area contributed by atoms with Crippen LogP contribution in [0, 0.1) is 11.7 Å². The Hall–Kier alpha value is -2.78. The van der Waals surface area contributed by atoms with Crippen molar-refractivity contribution in [1.29, 1.82) is 0 Å². The number of ketones is 1. The van der Waals surface area contributed by atoms with Crippen LogP contribution < -0.4 is 0 Å². The molecule has 1 aromatic carbocycles. The van der Waals surface area contributed by atoms with Crippen LogP contribution in [0.15, 0.2) is 42.1 Å². The van der Waals surface area contributed by atoms with Gasteiger partial charge in [0.05, 0.1) is 11.7 Å². The Balaban J connectivity index is 1.63. The van der Waals surface area contributed by atoms with Crippen LogP contribution in [0.5, 0.6) is 0 Å². The van der Waals surface area contributed by atoms with Crippen molar-refractivity contribution in [1.82, 2.24) is 14.7 Å². The first kappa shape index (κ1) is 26.3. The monoisotopic (exact) mass is 513 g/mol. The van der Waals surface area contributed by atoms with Gasteiger partial charge in [-0.15, -0.1) is 0 Å². The van der Waals surface area contributed by atoms with Gasteiger partial charge in [0.2, 0.25) is 0 Å². The zero-order chi connectivity index (χ0) is 26.0. The third-order valence-electron chi connectivity index (χ3n) is 6.12. The predicted molar refractivity (Wildman–Crippen MR) is 137 cm³/mol. The lowest BCUT2D eigenvalue weighted by molar-refractivity contribution is -0.126. The fourth-order valence-corrected chi connectivity index (χ4v) is 5.33. The molecule has 0 spiro atoms. The van der Waals surface area contributed by atoms with Gasteiger partial charge in [-0.05, 0) is 63.8 Å². The van der Waals surface area contributed by atoms with E-state index >= 15 is 0 Å². The van der Waals surface area contributed by atoms with Crippen molar-refractivity contribution < 1.29 is 23.5 Å². The second kappa shape index (κ2) is 10.7. The van der Waals surface area contributed by atoms with Gasteiger partial charge in [-0.3, -0.25) is 14.5 Å². The molecular formula is C27H32FN3O4S. The maximum Gasteiger partial charge on any atom is 0.435 e. The van der Waals surface area contributed by atoms with Crippen molar-refractivity contribution in [3.8, 4) is 0 Å². The number of piperidine rings is 1. The lowest BCUT2D eigenvalue weighted by Gasteiger charge is -2.38. The Morgan fingerprint density at radius 2 is 1.89 bits per heavy atom. The molecule has 1 saturated heterocycles. The van der Waals surface area contributed by atoms with Crippen molar-refractivity contribution in [2.45, 2.75) is 63.9 Å². The molecule has 4 rings (SSSR count). The van der Waals surface area contributed by atoms with E-state index in [1.807, 2.05) is 11.0 Å². The van der Waals surface area contributed by atoms with Crippen LogP contribution in [0.4, 0.5) is 9.18 Å². The zero-order valence-electron chi connectivity index (χ0n) is 21.1. The maximum absolute atomic E-state index is 14.8. The van der Waals surface area contributed by atoms with Crippen LogP contribution in [0.25, 0.3) is 6.08 Å². The molecule has 0 N–H and O–H groups in total. The fourth-order valence-electron chi connectivity index (χ4n) is 4.41. The molecule has 2 atom stereocenters. The quantitative estimate of drug-likeness (QED) is 0.521. The molecule has 1 aliphatic carbocycles. The summed E-state index contributed by atoms with van der Waals surface area (Å²) in [6, 6.07) is 7.48. The standard InChI is InChI=1S/C27H32FN3O4S/c1-17(32)36-23-12-13-30(24(25(33)18-9-10-18)21-7-5-6-8-22(21)28)16-19(23)15-20-11-14-31(29-20)26(34)35-27(2,3)4/h5-8,11,14-15,18,23-24H,9-10,12-13,16H2,1-4H3. The Morgan fingerprint density at radius 3 is 2.53 bits per heavy atom. The van der Waals surface area contributed by atoms with Gasteiger partial charge in [-0.2, -0.15) is 9.78 Å². The fraction of sp³-hybridized carbons (Fsp3) is 0.481. The minimum Gasteiger partial charge on any atom is -0.442 e. The summed E-state index contributed by atoms with van der Waals surface area (Å²) in [6.07, 6.45) is 5.12. The van der Waals surface area contributed by atoms with Gasteiger partial charge in [0.1, 0.15) is 11.4 Å². The van der Waals surface area contributed by atoms with Gasteiger partial charge in [0.15, 0.2) is 10.9 Å². The number of hydrogen-bond donors (Lipinski definition) is 0. The van der Waals surface area contributed by atoms with Crippen LogP contribution >= 0.6 is 11.8 Å². The number of carbonyl (C=O) groups is 3. The highest BCUT2D eigenvalue weighted by molar-refractivity contribution is 8.14. The number of benzene rings is 1. The minimum atomic E-state index is -0.676. The molecule has 2 unspecified atom stereocenters. The molecule has 0 amide bonds. The smallest absolute Gasteiger partial charge is 0.435 e. The van der Waals surface area contributed by atoms with Crippen molar-refractivity contribution in [2.24, 2.45) is 5.92 Å². The van der Waals surface area contributed by atoms with Crippen molar-refractivity contribution in [3.05, 3.63) is 59.2 Å². The number of thioether (sulfide) groups is 1. The molecule has 2 aliphatic rings. The first-order valence-electron chi connectivity index (χ1n) is 12.2. The molecule has 9 heteroatoms. The Labute approximate surface area is 215 Å². The number of ether oxygens (including phenoxy) is 1. The van der Waals surface area contributed by atoms with Crippen LogP contribution in [-0.2, 0) is 14.3 Å². The number of rotatable bonds is 6. The molecular weight excluding hydrogens is 481 g/mol. The van der Waals surface area contributed by atoms with E-state index in [4.69, 9.17) is 4.74 Å². The van der Waals surface area contributed by atoms with Crippen LogP contribution in [-0.4, -0.2) is 55.6 Å². The lowest BCUT2D eigenvalue weighted by atomic mass is 9.93. The van der Waals surface area contributed by atoms with E-state index in [0.717, 1.165) is 23.1 Å². The molecule has 0 radical (unpaired) electrons. The molecule has 2 heterocycles. The molecule has 1 aromatic heterocycles. The number of likely N-dealkylation sites (tertiary alicyclic amines) is 1. The maximum atomic E-state index is 14.8. The SMILES string of the molecule is CC(=O)SC1CCN(C(C(=O)C2CC2)c2ccccc2F)CC1=Cc1ccn(C(=O)OC(C)(C)C)n1. The highest BCUT2D eigenvalue weighted by atomic mass is 32.2. The van der Waals surface area contributed by atoms with E-state index in [1.54, 1.807) is 45.0 Å². The van der Waals surface area contributed by atoms with Crippen molar-refractivity contribution in [3.63, 3.8) is 0 Å². The highest BCUT2D eigenvalue weighted by Gasteiger charge is 2.41. The third kappa shape index (κ3) is 6.50. The van der Waals surface area contributed by atoms with Gasteiger partial charge in [-0.25, -0.2) is 9.18 Å². The van der Waals surface area contributed by atoms with Gasteiger partial charge in [-0.1, -0.05) is 30.0 Å². The summed E-state index contributed by atoms with van der Waals surface area (Å²) in [5.74, 6) is -0.374. The van der Waals surface area contributed by atoms with E-state index in [2.05, 4.69) is 5.10 Å². The van der Waals surface area contributed by atoms with Crippen LogP contribution in [0.3, 0.4) is 0 Å². The Kier molecular flexibility index (Phi) is 7.80. The average Bonchev–Trinajstić information content (AvgIpc) is 3.54. The topological polar surface area (TPSA) is 81.5 Å². The largest absolute Gasteiger partial charge is 0.442 e. The Morgan fingerprint density at radius 1 is 1.17 bits per heavy atom. The van der Waals surface area contributed by atoms with Gasteiger partial charge in [0.25, 0.3) is 0 Å². The highest BCUT2D eigenvalue weighted by Crippen LogP contribution is 2.40. The molecule has 2 aromatic rings. The number of nitrogens with zero attached hydrogens (tertiary/aromatic N) is 3. The molecule has 192 valence electrons. The predicted octanol–water partition coefficient (Wildman–Crippen LogP) is 5.26. The van der Waals surface area contributed by atoms with E-state index < -0.39 is 23.6 Å². The summed E-state index contributed by atoms with van der Waals surface area (Å²) >= 11 is 1.24. The third-order valence-corrected chi connectivity index (χ3v) is 7.28. The second-order valence-corrected chi connectivity index (χ2v) is 11.7. The summed E-state index contributed by atoms with van der Waals surface area (Å²) in [5.41, 5.74) is 1.19. The van der Waals surface area contributed by atoms with Crippen LogP contribution in [0.2, 0.25) is 0 Å². The van der Waals surface area contributed by atoms with Crippen molar-refractivity contribution >= 4 is 34.8 Å². The second-order valence-electron chi connectivity index (χ2n) is 10.3. The number of aromatic nitrogens is 2. The number of Topliss-reactive ketones (excluding diaryl/α,β-unsaturated/α-hetero) is 1.